The predicted octanol–water partition coefficient (Wildman–Crippen LogP) is 2.77. The molecule has 0 aliphatic heterocycles. The minimum atomic E-state index is 0.151. The zero-order valence-corrected chi connectivity index (χ0v) is 11.5. The van der Waals surface area contributed by atoms with E-state index < -0.39 is 0 Å². The minimum absolute atomic E-state index is 0.151. The minimum Gasteiger partial charge on any atom is -0.497 e. The Hall–Kier alpha value is -1.66. The van der Waals surface area contributed by atoms with Gasteiger partial charge in [0.15, 0.2) is 0 Å². The van der Waals surface area contributed by atoms with Crippen molar-refractivity contribution in [3.05, 3.63) is 23.8 Å². The average Bonchev–Trinajstić information content (AvgIpc) is 2.38. The van der Waals surface area contributed by atoms with Crippen LogP contribution in [0.2, 0.25) is 0 Å². The fraction of sp³-hybridized carbons (Fsp3) is 0.467. The number of hydrogen-bond acceptors (Lipinski definition) is 3. The van der Waals surface area contributed by atoms with Crippen LogP contribution in [0, 0.1) is 12.3 Å². The molecule has 0 heterocycles. The van der Waals surface area contributed by atoms with Gasteiger partial charge in [-0.15, -0.1) is 12.3 Å². The van der Waals surface area contributed by atoms with Gasteiger partial charge in [0.1, 0.15) is 11.5 Å². The van der Waals surface area contributed by atoms with E-state index in [4.69, 9.17) is 15.9 Å². The SMILES string of the molecule is C#CCC(C)NC(C)c1cc(OC)ccc1OC. The Bertz CT molecular complexity index is 423. The van der Waals surface area contributed by atoms with Crippen LogP contribution in [0.25, 0.3) is 0 Å². The Morgan fingerprint density at radius 3 is 2.56 bits per heavy atom. The number of rotatable bonds is 6. The van der Waals surface area contributed by atoms with Crippen LogP contribution in [-0.2, 0) is 0 Å². The maximum Gasteiger partial charge on any atom is 0.123 e. The van der Waals surface area contributed by atoms with Crippen LogP contribution in [0.1, 0.15) is 31.9 Å². The molecule has 98 valence electrons. The predicted molar refractivity (Wildman–Crippen MR) is 74.0 cm³/mol. The first-order valence-electron chi connectivity index (χ1n) is 6.03. The first-order valence-corrected chi connectivity index (χ1v) is 6.03. The van der Waals surface area contributed by atoms with Crippen molar-refractivity contribution in [1.29, 1.82) is 0 Å². The van der Waals surface area contributed by atoms with Gasteiger partial charge in [-0.2, -0.15) is 0 Å². The van der Waals surface area contributed by atoms with Crippen molar-refractivity contribution >= 4 is 0 Å². The summed E-state index contributed by atoms with van der Waals surface area (Å²) in [5, 5.41) is 3.45. The molecule has 0 spiro atoms. The lowest BCUT2D eigenvalue weighted by molar-refractivity contribution is 0.387. The molecule has 2 atom stereocenters. The molecule has 0 amide bonds. The van der Waals surface area contributed by atoms with Gasteiger partial charge >= 0.3 is 0 Å². The Labute approximate surface area is 109 Å². The Kier molecular flexibility index (Phi) is 5.54. The number of methoxy groups -OCH3 is 2. The third-order valence-corrected chi connectivity index (χ3v) is 2.86. The molecule has 0 saturated carbocycles. The largest absolute Gasteiger partial charge is 0.497 e. The van der Waals surface area contributed by atoms with E-state index >= 15 is 0 Å². The molecule has 1 aromatic carbocycles. The lowest BCUT2D eigenvalue weighted by atomic mass is 10.1. The van der Waals surface area contributed by atoms with Gasteiger partial charge in [-0.25, -0.2) is 0 Å². The van der Waals surface area contributed by atoms with E-state index in [-0.39, 0.29) is 12.1 Å². The van der Waals surface area contributed by atoms with Crippen molar-refractivity contribution in [3.63, 3.8) is 0 Å². The number of nitrogens with one attached hydrogen (secondary N) is 1. The van der Waals surface area contributed by atoms with Crippen molar-refractivity contribution in [3.8, 4) is 23.8 Å². The summed E-state index contributed by atoms with van der Waals surface area (Å²) in [6.07, 6.45) is 6.02. The maximum absolute atomic E-state index is 5.37. The highest BCUT2D eigenvalue weighted by Gasteiger charge is 2.14. The molecule has 18 heavy (non-hydrogen) atoms. The van der Waals surface area contributed by atoms with E-state index in [1.165, 1.54) is 0 Å². The number of hydrogen-bond donors (Lipinski definition) is 1. The highest BCUT2D eigenvalue weighted by Crippen LogP contribution is 2.29. The number of benzene rings is 1. The van der Waals surface area contributed by atoms with E-state index in [0.717, 1.165) is 17.1 Å². The van der Waals surface area contributed by atoms with Gasteiger partial charge < -0.3 is 14.8 Å². The lowest BCUT2D eigenvalue weighted by Crippen LogP contribution is -2.28. The van der Waals surface area contributed by atoms with Crippen molar-refractivity contribution in [2.45, 2.75) is 32.4 Å². The second-order valence-corrected chi connectivity index (χ2v) is 4.31. The van der Waals surface area contributed by atoms with Gasteiger partial charge in [0.2, 0.25) is 0 Å². The second kappa shape index (κ2) is 6.93. The highest BCUT2D eigenvalue weighted by atomic mass is 16.5. The van der Waals surface area contributed by atoms with Crippen molar-refractivity contribution in [2.24, 2.45) is 0 Å². The fourth-order valence-corrected chi connectivity index (χ4v) is 1.93. The summed E-state index contributed by atoms with van der Waals surface area (Å²) >= 11 is 0. The van der Waals surface area contributed by atoms with Crippen molar-refractivity contribution < 1.29 is 9.47 Å². The summed E-state index contributed by atoms with van der Waals surface area (Å²) in [6.45, 7) is 4.16. The van der Waals surface area contributed by atoms with Crippen LogP contribution in [-0.4, -0.2) is 20.3 Å². The highest BCUT2D eigenvalue weighted by molar-refractivity contribution is 5.42. The fourth-order valence-electron chi connectivity index (χ4n) is 1.93. The molecule has 3 heteroatoms. The topological polar surface area (TPSA) is 30.5 Å². The standard InChI is InChI=1S/C15H21NO2/c1-6-7-11(2)16-12(3)14-10-13(17-4)8-9-15(14)18-5/h1,8-12,16H,7H2,2-5H3. The molecule has 0 aliphatic rings. The normalized spacial score (nSPS) is 13.5. The number of ether oxygens (including phenoxy) is 2. The van der Waals surface area contributed by atoms with Crippen LogP contribution >= 0.6 is 0 Å². The van der Waals surface area contributed by atoms with E-state index in [9.17, 15) is 0 Å². The van der Waals surface area contributed by atoms with E-state index in [1.807, 2.05) is 18.2 Å². The molecular formula is C15H21NO2. The molecule has 0 aliphatic carbocycles. The Morgan fingerprint density at radius 2 is 2.00 bits per heavy atom. The molecular weight excluding hydrogens is 226 g/mol. The van der Waals surface area contributed by atoms with Crippen LogP contribution in [0.4, 0.5) is 0 Å². The molecule has 0 radical (unpaired) electrons. The van der Waals surface area contributed by atoms with E-state index in [1.54, 1.807) is 14.2 Å². The van der Waals surface area contributed by atoms with Crippen LogP contribution in [0.15, 0.2) is 18.2 Å². The average molecular weight is 247 g/mol. The number of terminal acetylenes is 1. The zero-order valence-electron chi connectivity index (χ0n) is 11.5. The molecule has 0 saturated heterocycles. The van der Waals surface area contributed by atoms with Gasteiger partial charge in [0.05, 0.1) is 14.2 Å². The van der Waals surface area contributed by atoms with Crippen molar-refractivity contribution in [1.82, 2.24) is 5.32 Å². The van der Waals surface area contributed by atoms with Crippen LogP contribution in [0.3, 0.4) is 0 Å². The van der Waals surface area contributed by atoms with Crippen LogP contribution < -0.4 is 14.8 Å². The van der Waals surface area contributed by atoms with Crippen molar-refractivity contribution in [2.75, 3.05) is 14.2 Å². The first kappa shape index (κ1) is 14.4. The summed E-state index contributed by atoms with van der Waals surface area (Å²) in [5.74, 6) is 4.33. The molecule has 3 nitrogen and oxygen atoms in total. The maximum atomic E-state index is 5.37. The first-order chi connectivity index (χ1) is 8.62. The molecule has 0 bridgehead atoms. The van der Waals surface area contributed by atoms with Gasteiger partial charge in [-0.05, 0) is 32.0 Å². The Balaban J connectivity index is 2.89. The molecule has 0 fully saturated rings. The van der Waals surface area contributed by atoms with Crippen LogP contribution in [0.5, 0.6) is 11.5 Å². The van der Waals surface area contributed by atoms with Gasteiger partial charge in [-0.3, -0.25) is 0 Å². The Morgan fingerprint density at radius 1 is 1.28 bits per heavy atom. The molecule has 1 aromatic rings. The summed E-state index contributed by atoms with van der Waals surface area (Å²) in [4.78, 5) is 0. The molecule has 1 N–H and O–H groups in total. The summed E-state index contributed by atoms with van der Waals surface area (Å²) in [5.41, 5.74) is 1.07. The third-order valence-electron chi connectivity index (χ3n) is 2.86. The summed E-state index contributed by atoms with van der Waals surface area (Å²) < 4.78 is 10.6. The third kappa shape index (κ3) is 3.68. The smallest absolute Gasteiger partial charge is 0.123 e. The summed E-state index contributed by atoms with van der Waals surface area (Å²) in [7, 11) is 3.33. The van der Waals surface area contributed by atoms with Gasteiger partial charge in [0.25, 0.3) is 0 Å². The molecule has 1 rings (SSSR count). The lowest BCUT2D eigenvalue weighted by Gasteiger charge is -2.21. The zero-order chi connectivity index (χ0) is 13.5. The van der Waals surface area contributed by atoms with E-state index in [2.05, 4.69) is 25.1 Å². The van der Waals surface area contributed by atoms with E-state index in [0.29, 0.717) is 6.42 Å². The van der Waals surface area contributed by atoms with Gasteiger partial charge in [-0.1, -0.05) is 0 Å². The monoisotopic (exact) mass is 247 g/mol. The molecule has 0 aromatic heterocycles. The molecule has 2 unspecified atom stereocenters. The summed E-state index contributed by atoms with van der Waals surface area (Å²) in [6, 6.07) is 6.20. The quantitative estimate of drug-likeness (QED) is 0.784. The second-order valence-electron chi connectivity index (χ2n) is 4.31. The van der Waals surface area contributed by atoms with Gasteiger partial charge in [0, 0.05) is 24.1 Å².